The Bertz CT molecular complexity index is 570. The summed E-state index contributed by atoms with van der Waals surface area (Å²) in [5.74, 6) is 0. The van der Waals surface area contributed by atoms with Crippen molar-refractivity contribution in [2.24, 2.45) is 0 Å². The largest absolute Gasteiger partial charge is 0.383 e. The van der Waals surface area contributed by atoms with E-state index in [9.17, 15) is 4.79 Å². The maximum Gasteiger partial charge on any atom is 0.250 e. The Morgan fingerprint density at radius 2 is 1.78 bits per heavy atom. The van der Waals surface area contributed by atoms with Gasteiger partial charge in [-0.2, -0.15) is 0 Å². The van der Waals surface area contributed by atoms with Crippen LogP contribution in [0.1, 0.15) is 11.1 Å². The zero-order valence-electron chi connectivity index (χ0n) is 10.8. The number of aromatic nitrogens is 1. The number of anilines is 1. The second-order valence-electron chi connectivity index (χ2n) is 4.53. The second-order valence-corrected chi connectivity index (χ2v) is 4.53. The van der Waals surface area contributed by atoms with E-state index in [1.807, 2.05) is 31.3 Å². The molecule has 0 saturated heterocycles. The number of nitrogens with zero attached hydrogens (tertiary/aromatic N) is 1. The second kappa shape index (κ2) is 5.54. The molecular formula is C15H18N2O. The molecular weight excluding hydrogens is 224 g/mol. The first-order valence-corrected chi connectivity index (χ1v) is 6.13. The third-order valence-corrected chi connectivity index (χ3v) is 2.88. The molecule has 1 aromatic carbocycles. The number of hydrogen-bond acceptors (Lipinski definition) is 2. The molecule has 0 aliphatic carbocycles. The summed E-state index contributed by atoms with van der Waals surface area (Å²) in [7, 11) is 0. The van der Waals surface area contributed by atoms with E-state index in [0.29, 0.717) is 6.54 Å². The molecule has 3 heteroatoms. The fourth-order valence-electron chi connectivity index (χ4n) is 1.78. The van der Waals surface area contributed by atoms with E-state index in [0.717, 1.165) is 17.8 Å². The van der Waals surface area contributed by atoms with Crippen molar-refractivity contribution in [3.8, 4) is 0 Å². The maximum atomic E-state index is 11.7. The SMILES string of the molecule is Cc1ccc(NCCn2ccc(C)cc2=O)cc1. The number of benzene rings is 1. The third kappa shape index (κ3) is 3.23. The van der Waals surface area contributed by atoms with Gasteiger partial charge in [-0.05, 0) is 37.6 Å². The first-order chi connectivity index (χ1) is 8.65. The summed E-state index contributed by atoms with van der Waals surface area (Å²) in [6, 6.07) is 11.8. The molecule has 2 rings (SSSR count). The van der Waals surface area contributed by atoms with Gasteiger partial charge in [0.05, 0.1) is 0 Å². The Hall–Kier alpha value is -2.03. The van der Waals surface area contributed by atoms with Crippen molar-refractivity contribution in [1.82, 2.24) is 4.57 Å². The zero-order chi connectivity index (χ0) is 13.0. The molecule has 0 amide bonds. The van der Waals surface area contributed by atoms with Crippen molar-refractivity contribution in [1.29, 1.82) is 0 Å². The van der Waals surface area contributed by atoms with Crippen LogP contribution in [0.25, 0.3) is 0 Å². The summed E-state index contributed by atoms with van der Waals surface area (Å²) >= 11 is 0. The van der Waals surface area contributed by atoms with Gasteiger partial charge in [0.15, 0.2) is 0 Å². The van der Waals surface area contributed by atoms with Crippen molar-refractivity contribution < 1.29 is 0 Å². The number of aryl methyl sites for hydroxylation is 2. The van der Waals surface area contributed by atoms with Crippen LogP contribution in [-0.4, -0.2) is 11.1 Å². The molecule has 0 aliphatic heterocycles. The van der Waals surface area contributed by atoms with Crippen molar-refractivity contribution in [3.05, 3.63) is 64.1 Å². The zero-order valence-corrected chi connectivity index (χ0v) is 10.8. The molecule has 0 aliphatic rings. The lowest BCUT2D eigenvalue weighted by atomic mass is 10.2. The summed E-state index contributed by atoms with van der Waals surface area (Å²) in [5, 5.41) is 3.30. The highest BCUT2D eigenvalue weighted by molar-refractivity contribution is 5.44. The first kappa shape index (κ1) is 12.4. The Morgan fingerprint density at radius 3 is 2.44 bits per heavy atom. The van der Waals surface area contributed by atoms with Gasteiger partial charge in [-0.3, -0.25) is 4.79 Å². The van der Waals surface area contributed by atoms with Crippen LogP contribution >= 0.6 is 0 Å². The molecule has 1 aromatic heterocycles. The van der Waals surface area contributed by atoms with E-state index in [4.69, 9.17) is 0 Å². The number of rotatable bonds is 4. The molecule has 0 bridgehead atoms. The number of nitrogens with one attached hydrogen (secondary N) is 1. The highest BCUT2D eigenvalue weighted by atomic mass is 16.1. The average molecular weight is 242 g/mol. The van der Waals surface area contributed by atoms with Crippen molar-refractivity contribution in [3.63, 3.8) is 0 Å². The summed E-state index contributed by atoms with van der Waals surface area (Å²) in [6.07, 6.45) is 1.84. The quantitative estimate of drug-likeness (QED) is 0.894. The topological polar surface area (TPSA) is 34.0 Å². The van der Waals surface area contributed by atoms with Gasteiger partial charge in [0.1, 0.15) is 0 Å². The molecule has 3 nitrogen and oxygen atoms in total. The van der Waals surface area contributed by atoms with Gasteiger partial charge < -0.3 is 9.88 Å². The summed E-state index contributed by atoms with van der Waals surface area (Å²) in [5.41, 5.74) is 3.39. The van der Waals surface area contributed by atoms with Gasteiger partial charge in [-0.25, -0.2) is 0 Å². The normalized spacial score (nSPS) is 10.3. The Kier molecular flexibility index (Phi) is 3.82. The molecule has 2 aromatic rings. The molecule has 1 heterocycles. The van der Waals surface area contributed by atoms with Crippen LogP contribution in [0.3, 0.4) is 0 Å². The van der Waals surface area contributed by atoms with E-state index >= 15 is 0 Å². The van der Waals surface area contributed by atoms with Gasteiger partial charge in [-0.1, -0.05) is 17.7 Å². The minimum absolute atomic E-state index is 0.0562. The summed E-state index contributed by atoms with van der Waals surface area (Å²) in [6.45, 7) is 5.41. The summed E-state index contributed by atoms with van der Waals surface area (Å²) in [4.78, 5) is 11.7. The van der Waals surface area contributed by atoms with Gasteiger partial charge >= 0.3 is 0 Å². The predicted octanol–water partition coefficient (Wildman–Crippen LogP) is 2.58. The molecule has 0 spiro atoms. The van der Waals surface area contributed by atoms with Crippen LogP contribution in [0.5, 0.6) is 0 Å². The van der Waals surface area contributed by atoms with E-state index in [-0.39, 0.29) is 5.56 Å². The lowest BCUT2D eigenvalue weighted by Gasteiger charge is -2.08. The van der Waals surface area contributed by atoms with Crippen LogP contribution in [-0.2, 0) is 6.54 Å². The van der Waals surface area contributed by atoms with Gasteiger partial charge in [0.2, 0.25) is 0 Å². The minimum Gasteiger partial charge on any atom is -0.383 e. The van der Waals surface area contributed by atoms with Gasteiger partial charge in [-0.15, -0.1) is 0 Å². The van der Waals surface area contributed by atoms with Crippen molar-refractivity contribution in [2.45, 2.75) is 20.4 Å². The molecule has 0 radical (unpaired) electrons. The molecule has 0 atom stereocenters. The van der Waals surface area contributed by atoms with E-state index in [2.05, 4.69) is 24.4 Å². The maximum absolute atomic E-state index is 11.7. The fourth-order valence-corrected chi connectivity index (χ4v) is 1.78. The number of pyridine rings is 1. The smallest absolute Gasteiger partial charge is 0.250 e. The average Bonchev–Trinajstić information content (AvgIpc) is 2.34. The standard InChI is InChI=1S/C15H18N2O/c1-12-3-5-14(6-4-12)16-8-10-17-9-7-13(2)11-15(17)18/h3-7,9,11,16H,8,10H2,1-2H3. The molecule has 94 valence electrons. The molecule has 0 saturated carbocycles. The van der Waals surface area contributed by atoms with Crippen LogP contribution in [0.4, 0.5) is 5.69 Å². The fraction of sp³-hybridized carbons (Fsp3) is 0.267. The lowest BCUT2D eigenvalue weighted by molar-refractivity contribution is 0.696. The van der Waals surface area contributed by atoms with E-state index in [1.54, 1.807) is 10.6 Å². The molecule has 1 N–H and O–H groups in total. The first-order valence-electron chi connectivity index (χ1n) is 6.13. The predicted molar refractivity (Wildman–Crippen MR) is 75.1 cm³/mol. The van der Waals surface area contributed by atoms with Crippen LogP contribution in [0.15, 0.2) is 47.4 Å². The highest BCUT2D eigenvalue weighted by Gasteiger charge is 1.96. The van der Waals surface area contributed by atoms with Crippen LogP contribution < -0.4 is 10.9 Å². The van der Waals surface area contributed by atoms with Gasteiger partial charge in [0.25, 0.3) is 5.56 Å². The van der Waals surface area contributed by atoms with Crippen LogP contribution in [0, 0.1) is 13.8 Å². The van der Waals surface area contributed by atoms with Crippen molar-refractivity contribution in [2.75, 3.05) is 11.9 Å². The highest BCUT2D eigenvalue weighted by Crippen LogP contribution is 2.07. The lowest BCUT2D eigenvalue weighted by Crippen LogP contribution is -2.22. The summed E-state index contributed by atoms with van der Waals surface area (Å²) < 4.78 is 1.72. The Labute approximate surface area is 107 Å². The molecule has 0 unspecified atom stereocenters. The Balaban J connectivity index is 1.92. The van der Waals surface area contributed by atoms with E-state index < -0.39 is 0 Å². The van der Waals surface area contributed by atoms with E-state index in [1.165, 1.54) is 5.56 Å². The Morgan fingerprint density at radius 1 is 1.06 bits per heavy atom. The molecule has 18 heavy (non-hydrogen) atoms. The minimum atomic E-state index is 0.0562. The number of hydrogen-bond donors (Lipinski definition) is 1. The monoisotopic (exact) mass is 242 g/mol. The van der Waals surface area contributed by atoms with Crippen LogP contribution in [0.2, 0.25) is 0 Å². The van der Waals surface area contributed by atoms with Crippen molar-refractivity contribution >= 4 is 5.69 Å². The van der Waals surface area contributed by atoms with Gasteiger partial charge in [0, 0.05) is 31.0 Å². The molecule has 0 fully saturated rings. The third-order valence-electron chi connectivity index (χ3n) is 2.88.